The van der Waals surface area contributed by atoms with Gasteiger partial charge in [0.1, 0.15) is 21.5 Å². The van der Waals surface area contributed by atoms with E-state index in [2.05, 4.69) is 9.88 Å². The van der Waals surface area contributed by atoms with Crippen LogP contribution in [0.3, 0.4) is 0 Å². The number of amides is 1. The molecule has 5 rings (SSSR count). The number of pyridine rings is 1. The lowest BCUT2D eigenvalue weighted by atomic mass is 10.0. The zero-order valence-corrected chi connectivity index (χ0v) is 22.0. The summed E-state index contributed by atoms with van der Waals surface area (Å²) in [6.45, 7) is 0.514. The summed E-state index contributed by atoms with van der Waals surface area (Å²) in [6.07, 6.45) is 2.46. The number of methoxy groups -OCH3 is 2. The average molecular weight is 558 g/mol. The van der Waals surface area contributed by atoms with E-state index in [0.717, 1.165) is 32.5 Å². The Labute approximate surface area is 227 Å². The molecule has 0 aliphatic carbocycles. The van der Waals surface area contributed by atoms with Crippen LogP contribution in [0.2, 0.25) is 15.1 Å². The van der Waals surface area contributed by atoms with Crippen LogP contribution in [0.15, 0.2) is 67.0 Å². The van der Waals surface area contributed by atoms with Gasteiger partial charge in [-0.2, -0.15) is 0 Å². The fraction of sp³-hybridized carbons (Fsp3) is 0.111. The number of carbonyl (C=O) groups is 1. The Hall–Kier alpha value is -3.65. The molecule has 0 atom stereocenters. The highest BCUT2D eigenvalue weighted by Gasteiger charge is 2.24. The highest BCUT2D eigenvalue weighted by atomic mass is 35.5. The Balaban J connectivity index is 1.71. The molecule has 188 valence electrons. The lowest BCUT2D eigenvalue weighted by Gasteiger charge is -2.13. The Morgan fingerprint density at radius 3 is 2.32 bits per heavy atom. The van der Waals surface area contributed by atoms with Crippen molar-refractivity contribution in [3.63, 3.8) is 0 Å². The molecule has 5 aromatic rings. The van der Waals surface area contributed by atoms with Crippen LogP contribution in [0.5, 0.6) is 11.5 Å². The van der Waals surface area contributed by atoms with E-state index >= 15 is 0 Å². The molecule has 37 heavy (non-hydrogen) atoms. The predicted octanol–water partition coefficient (Wildman–Crippen LogP) is 6.60. The minimum atomic E-state index is -0.435. The van der Waals surface area contributed by atoms with Crippen molar-refractivity contribution in [2.24, 2.45) is 0 Å². The van der Waals surface area contributed by atoms with Crippen molar-refractivity contribution in [1.82, 2.24) is 4.57 Å². The van der Waals surface area contributed by atoms with Crippen LogP contribution in [0.1, 0.15) is 15.9 Å². The Morgan fingerprint density at radius 2 is 1.68 bits per heavy atom. The molecule has 2 heterocycles. The van der Waals surface area contributed by atoms with E-state index in [1.54, 1.807) is 26.4 Å². The van der Waals surface area contributed by atoms with E-state index in [1.165, 1.54) is 12.4 Å². The first kappa shape index (κ1) is 25.0. The molecular formula is C27H21Cl3N3O4+. The Kier molecular flexibility index (Phi) is 6.77. The van der Waals surface area contributed by atoms with Crippen LogP contribution in [0.25, 0.3) is 21.8 Å². The van der Waals surface area contributed by atoms with E-state index in [0.29, 0.717) is 28.3 Å². The first-order chi connectivity index (χ1) is 17.8. The number of hydrogen-bond acceptors (Lipinski definition) is 4. The third-order valence-electron chi connectivity index (χ3n) is 6.10. The zero-order chi connectivity index (χ0) is 26.3. The van der Waals surface area contributed by atoms with Crippen LogP contribution in [-0.4, -0.2) is 29.9 Å². The van der Waals surface area contributed by atoms with Crippen molar-refractivity contribution in [3.8, 4) is 11.5 Å². The quantitative estimate of drug-likeness (QED) is 0.182. The molecule has 3 aromatic carbocycles. The van der Waals surface area contributed by atoms with E-state index in [4.69, 9.17) is 44.3 Å². The van der Waals surface area contributed by atoms with Crippen molar-refractivity contribution in [2.45, 2.75) is 6.54 Å². The number of anilines is 1. The molecule has 2 aromatic heterocycles. The summed E-state index contributed by atoms with van der Waals surface area (Å²) in [6, 6.07) is 16.8. The molecule has 0 aliphatic heterocycles. The van der Waals surface area contributed by atoms with Gasteiger partial charge in [-0.1, -0.05) is 46.9 Å². The molecule has 0 unspecified atom stereocenters. The smallest absolute Gasteiger partial charge is 0.256 e. The van der Waals surface area contributed by atoms with Crippen molar-refractivity contribution in [1.29, 1.82) is 0 Å². The largest absolute Gasteiger partial charge is 0.497 e. The van der Waals surface area contributed by atoms with Gasteiger partial charge < -0.3 is 19.4 Å². The molecule has 0 fully saturated rings. The molecule has 10 heteroatoms. The number of carbonyl (C=O) groups excluding carboxylic acids is 1. The predicted molar refractivity (Wildman–Crippen MR) is 145 cm³/mol. The number of nitrogens with zero attached hydrogens (tertiary/aromatic N) is 2. The Morgan fingerprint density at radius 1 is 0.973 bits per heavy atom. The van der Waals surface area contributed by atoms with E-state index in [-0.39, 0.29) is 15.7 Å². The van der Waals surface area contributed by atoms with Gasteiger partial charge in [0.25, 0.3) is 5.91 Å². The summed E-state index contributed by atoms with van der Waals surface area (Å²) in [5.41, 5.74) is 3.21. The number of ether oxygens (including phenoxy) is 2. The monoisotopic (exact) mass is 556 g/mol. The van der Waals surface area contributed by atoms with Crippen LogP contribution >= 0.6 is 34.8 Å². The van der Waals surface area contributed by atoms with Gasteiger partial charge in [0, 0.05) is 38.2 Å². The maximum Gasteiger partial charge on any atom is 0.256 e. The van der Waals surface area contributed by atoms with Crippen LogP contribution in [0, 0.1) is 0 Å². The molecule has 2 N–H and O–H groups in total. The molecule has 1 amide bonds. The molecule has 7 nitrogen and oxygen atoms in total. The van der Waals surface area contributed by atoms with Gasteiger partial charge in [0.2, 0.25) is 12.4 Å². The Bertz CT molecular complexity index is 1640. The van der Waals surface area contributed by atoms with Crippen LogP contribution in [-0.2, 0) is 6.54 Å². The normalized spacial score (nSPS) is 11.2. The second kappa shape index (κ2) is 10.0. The fourth-order valence-corrected chi connectivity index (χ4v) is 5.14. The molecule has 0 saturated heterocycles. The zero-order valence-electron chi connectivity index (χ0n) is 19.8. The van der Waals surface area contributed by atoms with Crippen molar-refractivity contribution < 1.29 is 24.2 Å². The van der Waals surface area contributed by atoms with Gasteiger partial charge in [-0.05, 0) is 48.0 Å². The third-order valence-corrected chi connectivity index (χ3v) is 6.91. The summed E-state index contributed by atoms with van der Waals surface area (Å²) in [4.78, 5) is 13.6. The van der Waals surface area contributed by atoms with Gasteiger partial charge in [-0.3, -0.25) is 10.0 Å². The number of fused-ring (bicyclic) bond motifs is 3. The van der Waals surface area contributed by atoms with Gasteiger partial charge in [-0.25, -0.2) is 0 Å². The molecule has 0 radical (unpaired) electrons. The second-order valence-corrected chi connectivity index (χ2v) is 9.55. The SMILES string of the molecule is COc1ccc(Cn2c3ccc(Cl)cc3c3c(C(=O)Nc4c(Cl)c[n+](O)cc4Cl)ccc(OC)c32)cc1. The van der Waals surface area contributed by atoms with Crippen LogP contribution < -0.4 is 19.5 Å². The number of hydrogen-bond donors (Lipinski definition) is 2. The minimum absolute atomic E-state index is 0.0816. The summed E-state index contributed by atoms with van der Waals surface area (Å²) >= 11 is 18.9. The molecule has 0 saturated carbocycles. The van der Waals surface area contributed by atoms with Crippen molar-refractivity contribution in [2.75, 3.05) is 19.5 Å². The van der Waals surface area contributed by atoms with Gasteiger partial charge in [-0.15, -0.1) is 0 Å². The molecule has 0 spiro atoms. The lowest BCUT2D eigenvalue weighted by Crippen LogP contribution is -2.29. The van der Waals surface area contributed by atoms with E-state index < -0.39 is 5.91 Å². The summed E-state index contributed by atoms with van der Waals surface area (Å²) in [5, 5.41) is 14.6. The number of benzene rings is 3. The number of halogens is 3. The van der Waals surface area contributed by atoms with Crippen molar-refractivity contribution >= 4 is 68.2 Å². The molecule has 0 bridgehead atoms. The summed E-state index contributed by atoms with van der Waals surface area (Å²) < 4.78 is 13.8. The highest BCUT2D eigenvalue weighted by molar-refractivity contribution is 6.40. The first-order valence-corrected chi connectivity index (χ1v) is 12.3. The topological polar surface area (TPSA) is 76.6 Å². The molecular weight excluding hydrogens is 537 g/mol. The van der Waals surface area contributed by atoms with E-state index in [9.17, 15) is 10.0 Å². The number of aromatic nitrogens is 2. The van der Waals surface area contributed by atoms with Gasteiger partial charge >= 0.3 is 0 Å². The molecule has 0 aliphatic rings. The minimum Gasteiger partial charge on any atom is -0.497 e. The highest BCUT2D eigenvalue weighted by Crippen LogP contribution is 2.39. The number of nitrogens with one attached hydrogen (secondary N) is 1. The standard InChI is InChI=1S/C27H20Cl3N3O4/c1-36-17-6-3-15(4-7-17)12-33-22-9-5-16(28)11-19(22)24-18(8-10-23(37-2)26(24)33)27(34)31-25-20(29)13-32(35)14-21(25)30/h3-11,13-14,35H,12H2,1-2H3/p+1. The average Bonchev–Trinajstić information content (AvgIpc) is 3.19. The maximum atomic E-state index is 13.6. The maximum absolute atomic E-state index is 13.6. The van der Waals surface area contributed by atoms with Gasteiger partial charge in [0.05, 0.1) is 25.4 Å². The third kappa shape index (κ3) is 4.62. The first-order valence-electron chi connectivity index (χ1n) is 11.1. The lowest BCUT2D eigenvalue weighted by molar-refractivity contribution is -0.904. The van der Waals surface area contributed by atoms with Crippen molar-refractivity contribution in [3.05, 3.63) is 93.2 Å². The summed E-state index contributed by atoms with van der Waals surface area (Å²) in [7, 11) is 3.21. The van der Waals surface area contributed by atoms with Gasteiger partial charge in [0.15, 0.2) is 0 Å². The fourth-order valence-electron chi connectivity index (χ4n) is 4.42. The summed E-state index contributed by atoms with van der Waals surface area (Å²) in [5.74, 6) is 0.930. The van der Waals surface area contributed by atoms with E-state index in [1.807, 2.05) is 42.5 Å². The van der Waals surface area contributed by atoms with Crippen LogP contribution in [0.4, 0.5) is 5.69 Å². The second-order valence-electron chi connectivity index (χ2n) is 8.30. The number of rotatable bonds is 6.